The van der Waals surface area contributed by atoms with Crippen LogP contribution in [0.5, 0.6) is 5.75 Å². The van der Waals surface area contributed by atoms with Crippen LogP contribution in [0.2, 0.25) is 0 Å². The van der Waals surface area contributed by atoms with E-state index in [4.69, 9.17) is 4.74 Å². The number of fused-ring (bicyclic) bond motifs is 1. The van der Waals surface area contributed by atoms with Gasteiger partial charge in [0.15, 0.2) is 5.01 Å². The molecule has 0 fully saturated rings. The van der Waals surface area contributed by atoms with Gasteiger partial charge in [-0.25, -0.2) is 4.98 Å². The quantitative estimate of drug-likeness (QED) is 0.761. The fourth-order valence-corrected chi connectivity index (χ4v) is 3.08. The summed E-state index contributed by atoms with van der Waals surface area (Å²) in [5.41, 5.74) is 1.95. The standard InChI is InChI=1S/C17H15N3O3S/c1-10(21)18-11-4-3-5-12(8-11)19-16(22)17-20-14-7-6-13(23-2)9-15(14)24-17/h3-9H,1-2H3,(H,18,21)(H,19,22). The minimum absolute atomic E-state index is 0.168. The molecular formula is C17H15N3O3S. The molecule has 1 heterocycles. The first-order chi connectivity index (χ1) is 11.5. The third-order valence-electron chi connectivity index (χ3n) is 3.23. The molecule has 122 valence electrons. The van der Waals surface area contributed by atoms with E-state index in [1.807, 2.05) is 12.1 Å². The average Bonchev–Trinajstić information content (AvgIpc) is 2.97. The maximum Gasteiger partial charge on any atom is 0.284 e. The van der Waals surface area contributed by atoms with Crippen LogP contribution < -0.4 is 15.4 Å². The summed E-state index contributed by atoms with van der Waals surface area (Å²) < 4.78 is 6.06. The van der Waals surface area contributed by atoms with Gasteiger partial charge in [-0.2, -0.15) is 0 Å². The highest BCUT2D eigenvalue weighted by atomic mass is 32.1. The number of rotatable bonds is 4. The SMILES string of the molecule is COc1ccc2nc(C(=O)Nc3cccc(NC(C)=O)c3)sc2c1. The van der Waals surface area contributed by atoms with E-state index in [0.717, 1.165) is 16.0 Å². The number of nitrogens with zero attached hydrogens (tertiary/aromatic N) is 1. The van der Waals surface area contributed by atoms with Gasteiger partial charge in [0.25, 0.3) is 5.91 Å². The maximum atomic E-state index is 12.4. The van der Waals surface area contributed by atoms with Crippen molar-refractivity contribution in [1.82, 2.24) is 4.98 Å². The van der Waals surface area contributed by atoms with Crippen LogP contribution in [0.25, 0.3) is 10.2 Å². The van der Waals surface area contributed by atoms with Crippen LogP contribution in [-0.2, 0) is 4.79 Å². The highest BCUT2D eigenvalue weighted by molar-refractivity contribution is 7.20. The molecule has 0 unspecified atom stereocenters. The first-order valence-corrected chi connectivity index (χ1v) is 8.00. The molecule has 2 N–H and O–H groups in total. The molecule has 0 aliphatic rings. The summed E-state index contributed by atoms with van der Waals surface area (Å²) in [4.78, 5) is 27.8. The highest BCUT2D eigenvalue weighted by Crippen LogP contribution is 2.27. The fourth-order valence-electron chi connectivity index (χ4n) is 2.19. The van der Waals surface area contributed by atoms with E-state index in [1.165, 1.54) is 18.3 Å². The molecule has 6 nitrogen and oxygen atoms in total. The van der Waals surface area contributed by atoms with E-state index in [-0.39, 0.29) is 11.8 Å². The van der Waals surface area contributed by atoms with Gasteiger partial charge in [0.05, 0.1) is 17.3 Å². The van der Waals surface area contributed by atoms with E-state index in [1.54, 1.807) is 37.4 Å². The monoisotopic (exact) mass is 341 g/mol. The number of carbonyl (C=O) groups excluding carboxylic acids is 2. The van der Waals surface area contributed by atoms with Crippen LogP contribution in [0, 0.1) is 0 Å². The number of anilines is 2. The molecule has 24 heavy (non-hydrogen) atoms. The smallest absolute Gasteiger partial charge is 0.284 e. The molecule has 0 aliphatic carbocycles. The highest BCUT2D eigenvalue weighted by Gasteiger charge is 2.13. The van der Waals surface area contributed by atoms with Crippen molar-refractivity contribution in [2.45, 2.75) is 6.92 Å². The van der Waals surface area contributed by atoms with Gasteiger partial charge in [0.2, 0.25) is 5.91 Å². The van der Waals surface area contributed by atoms with Crippen LogP contribution >= 0.6 is 11.3 Å². The summed E-state index contributed by atoms with van der Waals surface area (Å²) in [7, 11) is 1.60. The van der Waals surface area contributed by atoms with Crippen LogP contribution in [-0.4, -0.2) is 23.9 Å². The van der Waals surface area contributed by atoms with Crippen molar-refractivity contribution in [3.8, 4) is 5.75 Å². The number of thiazole rings is 1. The molecule has 0 aliphatic heterocycles. The van der Waals surface area contributed by atoms with Crippen molar-refractivity contribution in [2.24, 2.45) is 0 Å². The number of nitrogens with one attached hydrogen (secondary N) is 2. The van der Waals surface area contributed by atoms with Crippen LogP contribution in [0.15, 0.2) is 42.5 Å². The van der Waals surface area contributed by atoms with E-state index < -0.39 is 0 Å². The molecule has 3 aromatic rings. The molecular weight excluding hydrogens is 326 g/mol. The Balaban J connectivity index is 1.80. The Morgan fingerprint density at radius 2 is 1.83 bits per heavy atom. The number of aromatic nitrogens is 1. The lowest BCUT2D eigenvalue weighted by Crippen LogP contribution is -2.12. The molecule has 0 atom stereocenters. The van der Waals surface area contributed by atoms with Crippen molar-refractivity contribution in [2.75, 3.05) is 17.7 Å². The predicted molar refractivity (Wildman–Crippen MR) is 94.9 cm³/mol. The Labute approximate surface area is 142 Å². The minimum atomic E-state index is -0.296. The Kier molecular flexibility index (Phi) is 4.43. The Hall–Kier alpha value is -2.93. The lowest BCUT2D eigenvalue weighted by atomic mass is 10.2. The zero-order valence-corrected chi connectivity index (χ0v) is 13.9. The third-order valence-corrected chi connectivity index (χ3v) is 4.25. The number of hydrogen-bond acceptors (Lipinski definition) is 5. The molecule has 3 rings (SSSR count). The summed E-state index contributed by atoms with van der Waals surface area (Å²) in [6.07, 6.45) is 0. The van der Waals surface area contributed by atoms with Gasteiger partial charge in [-0.3, -0.25) is 9.59 Å². The normalized spacial score (nSPS) is 10.4. The first kappa shape index (κ1) is 15.9. The number of ether oxygens (including phenoxy) is 1. The molecule has 0 saturated heterocycles. The Morgan fingerprint density at radius 1 is 1.08 bits per heavy atom. The summed E-state index contributed by atoms with van der Waals surface area (Å²) in [5, 5.41) is 5.83. The maximum absolute atomic E-state index is 12.4. The number of methoxy groups -OCH3 is 1. The number of amides is 2. The van der Waals surface area contributed by atoms with Crippen molar-refractivity contribution in [1.29, 1.82) is 0 Å². The number of carbonyl (C=O) groups is 2. The third kappa shape index (κ3) is 3.52. The van der Waals surface area contributed by atoms with Gasteiger partial charge >= 0.3 is 0 Å². The molecule has 0 saturated carbocycles. The predicted octanol–water partition coefficient (Wildman–Crippen LogP) is 3.52. The van der Waals surface area contributed by atoms with E-state index >= 15 is 0 Å². The summed E-state index contributed by atoms with van der Waals surface area (Å²) >= 11 is 1.30. The molecule has 0 spiro atoms. The molecule has 2 aromatic carbocycles. The number of hydrogen-bond donors (Lipinski definition) is 2. The van der Waals surface area contributed by atoms with Gasteiger partial charge < -0.3 is 15.4 Å². The van der Waals surface area contributed by atoms with Gasteiger partial charge in [0, 0.05) is 18.3 Å². The van der Waals surface area contributed by atoms with Gasteiger partial charge in [-0.05, 0) is 36.4 Å². The van der Waals surface area contributed by atoms with Gasteiger partial charge in [0.1, 0.15) is 5.75 Å². The molecule has 0 radical (unpaired) electrons. The van der Waals surface area contributed by atoms with E-state index in [0.29, 0.717) is 16.4 Å². The van der Waals surface area contributed by atoms with Crippen molar-refractivity contribution in [3.63, 3.8) is 0 Å². The summed E-state index contributed by atoms with van der Waals surface area (Å²) in [6.45, 7) is 1.43. The molecule has 7 heteroatoms. The van der Waals surface area contributed by atoms with Crippen LogP contribution in [0.1, 0.15) is 16.7 Å². The molecule has 0 bridgehead atoms. The van der Waals surface area contributed by atoms with Gasteiger partial charge in [-0.1, -0.05) is 6.07 Å². The molecule has 1 aromatic heterocycles. The second-order valence-corrected chi connectivity index (χ2v) is 6.10. The number of benzene rings is 2. The van der Waals surface area contributed by atoms with Crippen molar-refractivity contribution < 1.29 is 14.3 Å². The Morgan fingerprint density at radius 3 is 2.54 bits per heavy atom. The second-order valence-electron chi connectivity index (χ2n) is 5.07. The van der Waals surface area contributed by atoms with Crippen LogP contribution in [0.4, 0.5) is 11.4 Å². The Bertz CT molecular complexity index is 920. The minimum Gasteiger partial charge on any atom is -0.497 e. The second kappa shape index (κ2) is 6.67. The zero-order valence-electron chi connectivity index (χ0n) is 13.1. The first-order valence-electron chi connectivity index (χ1n) is 7.19. The van der Waals surface area contributed by atoms with Crippen molar-refractivity contribution in [3.05, 3.63) is 47.5 Å². The van der Waals surface area contributed by atoms with Crippen molar-refractivity contribution >= 4 is 44.7 Å². The lowest BCUT2D eigenvalue weighted by molar-refractivity contribution is -0.114. The average molecular weight is 341 g/mol. The van der Waals surface area contributed by atoms with E-state index in [9.17, 15) is 9.59 Å². The lowest BCUT2D eigenvalue weighted by Gasteiger charge is -2.06. The van der Waals surface area contributed by atoms with Crippen LogP contribution in [0.3, 0.4) is 0 Å². The zero-order chi connectivity index (χ0) is 17.1. The largest absolute Gasteiger partial charge is 0.497 e. The van der Waals surface area contributed by atoms with Gasteiger partial charge in [-0.15, -0.1) is 11.3 Å². The summed E-state index contributed by atoms with van der Waals surface area (Å²) in [5.74, 6) is 0.259. The fraction of sp³-hybridized carbons (Fsp3) is 0.118. The van der Waals surface area contributed by atoms with E-state index in [2.05, 4.69) is 15.6 Å². The summed E-state index contributed by atoms with van der Waals surface area (Å²) in [6, 6.07) is 12.4. The molecule has 2 amide bonds. The topological polar surface area (TPSA) is 80.3 Å².